The number of hydrogen-bond acceptors (Lipinski definition) is 9. The molecule has 0 radical (unpaired) electrons. The third-order valence-electron chi connectivity index (χ3n) is 11.5. The summed E-state index contributed by atoms with van der Waals surface area (Å²) >= 11 is 0. The number of sulfonamides is 1. The van der Waals surface area contributed by atoms with Gasteiger partial charge in [0.2, 0.25) is 33.7 Å². The van der Waals surface area contributed by atoms with Crippen molar-refractivity contribution < 1.29 is 42.3 Å². The monoisotopic (exact) mass is 821 g/mol. The fourth-order valence-corrected chi connectivity index (χ4v) is 11.0. The average Bonchev–Trinajstić information content (AvgIpc) is 3.68. The van der Waals surface area contributed by atoms with E-state index in [2.05, 4.69) is 31.9 Å². The third-order valence-corrected chi connectivity index (χ3v) is 13.5. The first-order valence-corrected chi connectivity index (χ1v) is 21.0. The predicted molar refractivity (Wildman–Crippen MR) is 212 cm³/mol. The standard InChI is InChI=1S/C39H51N9O9S/c40-38(41)46-28-16-26(15-27(17-28)45-32(49)9-4-10-42-37(55)39-18-23-12-24(19-39)14-25(13-23)20-39)34(51)44-22-33(50)43-21-30(36(53)54)47-35(52)31-8-5-11-48(31)58(56,57)29-6-2-1-3-7-29/h1-3,6-7,15-17,23-25,30-31H,4-5,8-14,18-22H2,(H,42,55)(H,43,50)(H,44,51)(H,45,49)(H,47,52)(H,53,54)(H4,40,41,46)/t23?,24?,25?,30-,31-,39?/m0/s1. The number of guanidine groups is 1. The summed E-state index contributed by atoms with van der Waals surface area (Å²) in [7, 11) is -4.02. The molecule has 4 aliphatic carbocycles. The van der Waals surface area contributed by atoms with E-state index >= 15 is 0 Å². The van der Waals surface area contributed by atoms with Gasteiger partial charge in [0.05, 0.1) is 11.4 Å². The normalized spacial score (nSPS) is 23.9. The molecule has 1 saturated heterocycles. The lowest BCUT2D eigenvalue weighted by atomic mass is 9.49. The molecule has 2 aromatic rings. The van der Waals surface area contributed by atoms with Crippen molar-refractivity contribution >= 4 is 62.9 Å². The molecule has 5 fully saturated rings. The number of anilines is 2. The Labute approximate surface area is 336 Å². The first-order valence-electron chi connectivity index (χ1n) is 19.6. The molecule has 5 aliphatic rings. The maximum atomic E-state index is 13.2. The van der Waals surface area contributed by atoms with Crippen molar-refractivity contribution in [2.24, 2.45) is 28.9 Å². The van der Waals surface area contributed by atoms with Crippen molar-refractivity contribution in [1.82, 2.24) is 25.6 Å². The highest BCUT2D eigenvalue weighted by Gasteiger charge is 2.54. The van der Waals surface area contributed by atoms with Gasteiger partial charge in [-0.05, 0) is 106 Å². The molecule has 0 unspecified atom stereocenters. The molecule has 10 N–H and O–H groups in total. The Balaban J connectivity index is 0.967. The Morgan fingerprint density at radius 1 is 0.879 bits per heavy atom. The third kappa shape index (κ3) is 10.1. The second-order valence-corrected chi connectivity index (χ2v) is 17.8. The molecule has 0 aromatic heterocycles. The van der Waals surface area contributed by atoms with Gasteiger partial charge in [-0.2, -0.15) is 4.31 Å². The number of amides is 5. The molecule has 4 bridgehead atoms. The van der Waals surface area contributed by atoms with E-state index in [9.17, 15) is 42.3 Å². The molecule has 1 heterocycles. The first-order chi connectivity index (χ1) is 27.6. The van der Waals surface area contributed by atoms with Crippen LogP contribution in [-0.2, 0) is 34.0 Å². The molecule has 18 nitrogen and oxygen atoms in total. The maximum Gasteiger partial charge on any atom is 0.328 e. The lowest BCUT2D eigenvalue weighted by Crippen LogP contribution is -2.54. The Hall–Kier alpha value is -5.56. The largest absolute Gasteiger partial charge is 0.480 e. The Morgan fingerprint density at radius 3 is 2.14 bits per heavy atom. The number of benzene rings is 2. The van der Waals surface area contributed by atoms with Crippen molar-refractivity contribution in [3.63, 3.8) is 0 Å². The zero-order valence-corrected chi connectivity index (χ0v) is 32.9. The minimum atomic E-state index is -4.02. The van der Waals surface area contributed by atoms with Gasteiger partial charge in [0.25, 0.3) is 5.91 Å². The number of carboxylic acid groups (broad SMARTS) is 1. The van der Waals surface area contributed by atoms with E-state index in [4.69, 9.17) is 11.1 Å². The second-order valence-electron chi connectivity index (χ2n) is 15.9. The summed E-state index contributed by atoms with van der Waals surface area (Å²) < 4.78 is 27.4. The highest BCUT2D eigenvalue weighted by molar-refractivity contribution is 7.89. The minimum absolute atomic E-state index is 0.000523. The topological polar surface area (TPSA) is 282 Å². The highest BCUT2D eigenvalue weighted by Crippen LogP contribution is 2.60. The quantitative estimate of drug-likeness (QED) is 0.0623. The molecule has 2 atom stereocenters. The number of carbonyl (C=O) groups is 6. The number of hydrogen-bond donors (Lipinski definition) is 9. The Kier molecular flexibility index (Phi) is 13.0. The number of nitrogens with one attached hydrogen (secondary N) is 7. The van der Waals surface area contributed by atoms with E-state index in [0.717, 1.165) is 23.6 Å². The van der Waals surface area contributed by atoms with E-state index in [-0.39, 0.29) is 58.4 Å². The van der Waals surface area contributed by atoms with Gasteiger partial charge in [-0.25, -0.2) is 13.2 Å². The average molecular weight is 822 g/mol. The summed E-state index contributed by atoms with van der Waals surface area (Å²) in [6.07, 6.45) is 7.64. The molecule has 5 amide bonds. The number of carboxylic acids is 1. The molecular formula is C39H51N9O9S. The van der Waals surface area contributed by atoms with Gasteiger partial charge in [-0.15, -0.1) is 0 Å². The van der Waals surface area contributed by atoms with Crippen LogP contribution in [0.2, 0.25) is 0 Å². The first kappa shape index (κ1) is 42.1. The van der Waals surface area contributed by atoms with Crippen LogP contribution in [0, 0.1) is 28.6 Å². The van der Waals surface area contributed by atoms with Crippen molar-refractivity contribution in [2.45, 2.75) is 81.2 Å². The van der Waals surface area contributed by atoms with Crippen LogP contribution in [0.5, 0.6) is 0 Å². The number of aliphatic carboxylic acids is 1. The minimum Gasteiger partial charge on any atom is -0.480 e. The van der Waals surface area contributed by atoms with Crippen LogP contribution in [0.3, 0.4) is 0 Å². The van der Waals surface area contributed by atoms with Gasteiger partial charge in [0, 0.05) is 48.4 Å². The Bertz CT molecular complexity index is 2010. The van der Waals surface area contributed by atoms with E-state index in [1.807, 2.05) is 0 Å². The molecule has 1 aliphatic heterocycles. The molecular weight excluding hydrogens is 771 g/mol. The molecule has 19 heteroatoms. The van der Waals surface area contributed by atoms with E-state index in [0.29, 0.717) is 37.1 Å². The number of rotatable bonds is 17. The van der Waals surface area contributed by atoms with Crippen molar-refractivity contribution in [1.29, 1.82) is 5.41 Å². The zero-order valence-electron chi connectivity index (χ0n) is 32.1. The summed E-state index contributed by atoms with van der Waals surface area (Å²) in [6.45, 7) is -0.722. The van der Waals surface area contributed by atoms with Crippen LogP contribution in [0.4, 0.5) is 11.4 Å². The second kappa shape index (κ2) is 17.9. The fourth-order valence-electron chi connectivity index (χ4n) is 9.34. The number of nitrogens with two attached hydrogens (primary N) is 1. The molecule has 4 saturated carbocycles. The molecule has 7 rings (SSSR count). The number of nitrogens with zero attached hydrogens (tertiary/aromatic N) is 1. The number of carbonyl (C=O) groups excluding carboxylic acids is 5. The molecule has 58 heavy (non-hydrogen) atoms. The summed E-state index contributed by atoms with van der Waals surface area (Å²) in [6, 6.07) is 9.01. The van der Waals surface area contributed by atoms with Crippen LogP contribution in [0.15, 0.2) is 53.4 Å². The molecule has 0 spiro atoms. The summed E-state index contributed by atoms with van der Waals surface area (Å²) in [4.78, 5) is 77.0. The summed E-state index contributed by atoms with van der Waals surface area (Å²) in [5.41, 5.74) is 5.64. The van der Waals surface area contributed by atoms with Crippen LogP contribution >= 0.6 is 0 Å². The van der Waals surface area contributed by atoms with E-state index in [1.54, 1.807) is 18.2 Å². The van der Waals surface area contributed by atoms with Gasteiger partial charge in [-0.1, -0.05) is 18.2 Å². The van der Waals surface area contributed by atoms with E-state index in [1.165, 1.54) is 49.6 Å². The summed E-state index contributed by atoms with van der Waals surface area (Å²) in [5, 5.41) is 32.8. The van der Waals surface area contributed by atoms with Gasteiger partial charge < -0.3 is 42.7 Å². The zero-order chi connectivity index (χ0) is 41.6. The molecule has 312 valence electrons. The Morgan fingerprint density at radius 2 is 1.52 bits per heavy atom. The smallest absolute Gasteiger partial charge is 0.328 e. The van der Waals surface area contributed by atoms with Crippen LogP contribution in [-0.4, -0.2) is 97.6 Å². The SMILES string of the molecule is N=C(N)Nc1cc(NC(=O)CCCNC(=O)C23CC4CC(CC(C4)C2)C3)cc(C(=O)NCC(=O)NC[C@H](NC(=O)[C@@H]2CCCN2S(=O)(=O)c2ccccc2)C(=O)O)c1. The van der Waals surface area contributed by atoms with Crippen molar-refractivity contribution in [3.05, 3.63) is 54.1 Å². The van der Waals surface area contributed by atoms with Gasteiger partial charge in [0.1, 0.15) is 12.1 Å². The van der Waals surface area contributed by atoms with Gasteiger partial charge >= 0.3 is 5.97 Å². The predicted octanol–water partition coefficient (Wildman–Crippen LogP) is 1.31. The van der Waals surface area contributed by atoms with Crippen molar-refractivity contribution in [2.75, 3.05) is 36.8 Å². The van der Waals surface area contributed by atoms with Crippen LogP contribution in [0.1, 0.15) is 74.6 Å². The van der Waals surface area contributed by atoms with Crippen LogP contribution in [0.25, 0.3) is 0 Å². The molecule has 2 aromatic carbocycles. The van der Waals surface area contributed by atoms with Gasteiger partial charge in [0.15, 0.2) is 5.96 Å². The fraction of sp³-hybridized carbons (Fsp3) is 0.513. The maximum absolute atomic E-state index is 13.2. The van der Waals surface area contributed by atoms with E-state index < -0.39 is 64.8 Å². The van der Waals surface area contributed by atoms with Crippen LogP contribution < -0.4 is 37.6 Å². The van der Waals surface area contributed by atoms with Gasteiger partial charge in [-0.3, -0.25) is 29.4 Å². The van der Waals surface area contributed by atoms with Crippen molar-refractivity contribution in [3.8, 4) is 0 Å². The lowest BCUT2D eigenvalue weighted by Gasteiger charge is -2.55. The lowest BCUT2D eigenvalue weighted by molar-refractivity contribution is -0.146. The highest BCUT2D eigenvalue weighted by atomic mass is 32.2. The summed E-state index contributed by atoms with van der Waals surface area (Å²) in [5.74, 6) is -2.60.